The maximum atomic E-state index is 11.3. The summed E-state index contributed by atoms with van der Waals surface area (Å²) in [6, 6.07) is 13.2. The van der Waals surface area contributed by atoms with Gasteiger partial charge in [0.1, 0.15) is 0 Å². The Morgan fingerprint density at radius 3 is 2.55 bits per heavy atom. The van der Waals surface area contributed by atoms with E-state index in [1.54, 1.807) is 6.07 Å². The first-order valence-corrected chi connectivity index (χ1v) is 7.99. The van der Waals surface area contributed by atoms with Crippen molar-refractivity contribution in [2.75, 3.05) is 0 Å². The third kappa shape index (κ3) is 3.18. The molecule has 1 aromatic heterocycles. The van der Waals surface area contributed by atoms with E-state index in [-0.39, 0.29) is 0 Å². The van der Waals surface area contributed by atoms with Crippen LogP contribution in [0.15, 0.2) is 46.9 Å². The van der Waals surface area contributed by atoms with Crippen molar-refractivity contribution in [1.82, 2.24) is 4.98 Å². The Hall–Kier alpha value is -1.78. The highest BCUT2D eigenvalue weighted by Gasteiger charge is 2.12. The van der Waals surface area contributed by atoms with Gasteiger partial charge in [0.2, 0.25) is 0 Å². The van der Waals surface area contributed by atoms with Gasteiger partial charge in [0.05, 0.1) is 5.56 Å². The first-order valence-electron chi connectivity index (χ1n) is 6.82. The SMILES string of the molecule is O=C(O)c1cc(Br)cc2[nH]c(CCc3ccc(Cl)cc3)cc12. The highest BCUT2D eigenvalue weighted by molar-refractivity contribution is 9.10. The molecular formula is C17H13BrClNO2. The molecule has 0 fully saturated rings. The first kappa shape index (κ1) is 15.1. The van der Waals surface area contributed by atoms with Crippen LogP contribution < -0.4 is 0 Å². The fourth-order valence-corrected chi connectivity index (χ4v) is 3.09. The van der Waals surface area contributed by atoms with Crippen LogP contribution in [0.25, 0.3) is 10.9 Å². The summed E-state index contributed by atoms with van der Waals surface area (Å²) in [6.07, 6.45) is 1.68. The molecule has 3 aromatic rings. The average molecular weight is 379 g/mol. The van der Waals surface area contributed by atoms with Gasteiger partial charge >= 0.3 is 5.97 Å². The Bertz CT molecular complexity index is 840. The zero-order valence-electron chi connectivity index (χ0n) is 11.6. The predicted octanol–water partition coefficient (Wildman–Crippen LogP) is 5.07. The van der Waals surface area contributed by atoms with Crippen molar-refractivity contribution in [2.45, 2.75) is 12.8 Å². The number of aromatic nitrogens is 1. The third-order valence-electron chi connectivity index (χ3n) is 3.59. The van der Waals surface area contributed by atoms with Crippen LogP contribution in [0.3, 0.4) is 0 Å². The van der Waals surface area contributed by atoms with Gasteiger partial charge in [-0.3, -0.25) is 0 Å². The van der Waals surface area contributed by atoms with Gasteiger partial charge in [0.15, 0.2) is 0 Å². The van der Waals surface area contributed by atoms with Crippen molar-refractivity contribution in [3.8, 4) is 0 Å². The number of carbonyl (C=O) groups is 1. The Balaban J connectivity index is 1.87. The molecule has 0 atom stereocenters. The summed E-state index contributed by atoms with van der Waals surface area (Å²) in [5.74, 6) is -0.922. The summed E-state index contributed by atoms with van der Waals surface area (Å²) < 4.78 is 0.753. The molecule has 2 N–H and O–H groups in total. The maximum absolute atomic E-state index is 11.3. The van der Waals surface area contributed by atoms with Crippen molar-refractivity contribution in [2.24, 2.45) is 0 Å². The number of nitrogens with one attached hydrogen (secondary N) is 1. The summed E-state index contributed by atoms with van der Waals surface area (Å²) in [4.78, 5) is 14.6. The molecule has 0 bridgehead atoms. The van der Waals surface area contributed by atoms with E-state index >= 15 is 0 Å². The van der Waals surface area contributed by atoms with Crippen LogP contribution in [-0.4, -0.2) is 16.1 Å². The molecule has 0 unspecified atom stereocenters. The van der Waals surface area contributed by atoms with Crippen molar-refractivity contribution < 1.29 is 9.90 Å². The minimum Gasteiger partial charge on any atom is -0.478 e. The summed E-state index contributed by atoms with van der Waals surface area (Å²) in [5.41, 5.74) is 3.35. The van der Waals surface area contributed by atoms with Gasteiger partial charge in [0, 0.05) is 26.1 Å². The van der Waals surface area contributed by atoms with Gasteiger partial charge in [0.25, 0.3) is 0 Å². The number of carboxylic acid groups (broad SMARTS) is 1. The van der Waals surface area contributed by atoms with Crippen molar-refractivity contribution >= 4 is 44.4 Å². The normalized spacial score (nSPS) is 11.0. The van der Waals surface area contributed by atoms with E-state index in [9.17, 15) is 9.90 Å². The molecular weight excluding hydrogens is 366 g/mol. The highest BCUT2D eigenvalue weighted by Crippen LogP contribution is 2.26. The molecule has 0 saturated carbocycles. The van der Waals surface area contributed by atoms with E-state index in [1.807, 2.05) is 36.4 Å². The molecule has 0 saturated heterocycles. The van der Waals surface area contributed by atoms with E-state index in [0.717, 1.165) is 38.9 Å². The van der Waals surface area contributed by atoms with Crippen LogP contribution in [0.4, 0.5) is 0 Å². The molecule has 0 amide bonds. The fourth-order valence-electron chi connectivity index (χ4n) is 2.50. The van der Waals surface area contributed by atoms with Gasteiger partial charge in [-0.1, -0.05) is 39.7 Å². The molecule has 0 aliphatic carbocycles. The lowest BCUT2D eigenvalue weighted by Crippen LogP contribution is -1.96. The standard InChI is InChI=1S/C17H13BrClNO2/c18-11-7-15(17(21)22)14-9-13(20-16(14)8-11)6-3-10-1-4-12(19)5-2-10/h1-2,4-5,7-9,20H,3,6H2,(H,21,22). The Morgan fingerprint density at radius 1 is 1.14 bits per heavy atom. The number of H-pyrrole nitrogens is 1. The Kier molecular flexibility index (Phi) is 4.23. The van der Waals surface area contributed by atoms with E-state index in [2.05, 4.69) is 20.9 Å². The van der Waals surface area contributed by atoms with Crippen molar-refractivity contribution in [3.05, 3.63) is 68.8 Å². The summed E-state index contributed by atoms with van der Waals surface area (Å²) in [6.45, 7) is 0. The topological polar surface area (TPSA) is 53.1 Å². The smallest absolute Gasteiger partial charge is 0.336 e. The Morgan fingerprint density at radius 2 is 1.86 bits per heavy atom. The minimum absolute atomic E-state index is 0.304. The highest BCUT2D eigenvalue weighted by atomic mass is 79.9. The van der Waals surface area contributed by atoms with Crippen LogP contribution in [0.1, 0.15) is 21.6 Å². The lowest BCUT2D eigenvalue weighted by atomic mass is 10.1. The third-order valence-corrected chi connectivity index (χ3v) is 4.30. The number of hydrogen-bond donors (Lipinski definition) is 2. The van der Waals surface area contributed by atoms with Gasteiger partial charge in [-0.25, -0.2) is 4.79 Å². The summed E-state index contributed by atoms with van der Waals surface area (Å²) >= 11 is 9.23. The second-order valence-corrected chi connectivity index (χ2v) is 6.49. The number of rotatable bonds is 4. The van der Waals surface area contributed by atoms with E-state index in [4.69, 9.17) is 11.6 Å². The van der Waals surface area contributed by atoms with E-state index < -0.39 is 5.97 Å². The van der Waals surface area contributed by atoms with Gasteiger partial charge in [-0.05, 0) is 48.7 Å². The van der Waals surface area contributed by atoms with Crippen LogP contribution in [0.2, 0.25) is 5.02 Å². The van der Waals surface area contributed by atoms with Gasteiger partial charge in [-0.2, -0.15) is 0 Å². The first-order chi connectivity index (χ1) is 10.5. The quantitative estimate of drug-likeness (QED) is 0.666. The Labute approximate surface area is 141 Å². The van der Waals surface area contributed by atoms with Crippen molar-refractivity contribution in [3.63, 3.8) is 0 Å². The van der Waals surface area contributed by atoms with Crippen molar-refractivity contribution in [1.29, 1.82) is 0 Å². The molecule has 3 rings (SSSR count). The number of aromatic carboxylic acids is 1. The van der Waals surface area contributed by atoms with Gasteiger partial charge < -0.3 is 10.1 Å². The molecule has 5 heteroatoms. The summed E-state index contributed by atoms with van der Waals surface area (Å²) in [5, 5.41) is 10.8. The number of fused-ring (bicyclic) bond motifs is 1. The minimum atomic E-state index is -0.922. The number of carboxylic acids is 1. The molecule has 0 aliphatic rings. The molecule has 2 aromatic carbocycles. The lowest BCUT2D eigenvalue weighted by molar-refractivity contribution is 0.0699. The molecule has 0 aliphatic heterocycles. The molecule has 112 valence electrons. The predicted molar refractivity (Wildman–Crippen MR) is 91.8 cm³/mol. The second-order valence-electron chi connectivity index (χ2n) is 5.14. The largest absolute Gasteiger partial charge is 0.478 e. The maximum Gasteiger partial charge on any atom is 0.336 e. The van der Waals surface area contributed by atoms with E-state index in [0.29, 0.717) is 5.56 Å². The number of aromatic amines is 1. The van der Waals surface area contributed by atoms with E-state index in [1.165, 1.54) is 5.56 Å². The van der Waals surface area contributed by atoms with Crippen LogP contribution >= 0.6 is 27.5 Å². The fraction of sp³-hybridized carbons (Fsp3) is 0.118. The van der Waals surface area contributed by atoms with Gasteiger partial charge in [-0.15, -0.1) is 0 Å². The zero-order chi connectivity index (χ0) is 15.7. The summed E-state index contributed by atoms with van der Waals surface area (Å²) in [7, 11) is 0. The molecule has 0 radical (unpaired) electrons. The van der Waals surface area contributed by atoms with Crippen LogP contribution in [0.5, 0.6) is 0 Å². The number of halogens is 2. The molecule has 3 nitrogen and oxygen atoms in total. The number of benzene rings is 2. The monoisotopic (exact) mass is 377 g/mol. The number of aryl methyl sites for hydroxylation is 2. The molecule has 22 heavy (non-hydrogen) atoms. The zero-order valence-corrected chi connectivity index (χ0v) is 13.9. The van der Waals surface area contributed by atoms with Crippen LogP contribution in [-0.2, 0) is 12.8 Å². The van der Waals surface area contributed by atoms with Crippen LogP contribution in [0, 0.1) is 0 Å². The molecule has 1 heterocycles. The average Bonchev–Trinajstić information content (AvgIpc) is 2.88. The number of hydrogen-bond acceptors (Lipinski definition) is 1. The second kappa shape index (κ2) is 6.15. The molecule has 0 spiro atoms. The lowest BCUT2D eigenvalue weighted by Gasteiger charge is -2.00.